The maximum absolute atomic E-state index is 7.49. The van der Waals surface area contributed by atoms with Gasteiger partial charge in [0.15, 0.2) is 0 Å². The van der Waals surface area contributed by atoms with Crippen LogP contribution in [0.4, 0.5) is 0 Å². The van der Waals surface area contributed by atoms with Crippen molar-refractivity contribution in [2.75, 3.05) is 6.26 Å². The molecule has 68 valence electrons. The molecule has 1 aromatic carbocycles. The quantitative estimate of drug-likeness (QED) is 0.532. The summed E-state index contributed by atoms with van der Waals surface area (Å²) in [5.41, 5.74) is 0.682. The van der Waals surface area contributed by atoms with Crippen molar-refractivity contribution in [1.29, 1.82) is 10.8 Å². The molecule has 0 radical (unpaired) electrons. The van der Waals surface area contributed by atoms with Crippen LogP contribution in [0.1, 0.15) is 5.56 Å². The maximum atomic E-state index is 7.49. The predicted octanol–water partition coefficient (Wildman–Crippen LogP) is 2.33. The molecule has 0 aliphatic rings. The van der Waals surface area contributed by atoms with Gasteiger partial charge in [-0.2, -0.15) is 0 Å². The summed E-state index contributed by atoms with van der Waals surface area (Å²) in [6.07, 6.45) is 1.74. The van der Waals surface area contributed by atoms with Crippen molar-refractivity contribution in [3.05, 3.63) is 35.9 Å². The topological polar surface area (TPSA) is 56.9 Å². The highest BCUT2D eigenvalue weighted by Crippen LogP contribution is 2.04. The minimum Gasteiger partial charge on any atom is -0.415 e. The number of rotatable bonds is 1. The van der Waals surface area contributed by atoms with Crippen LogP contribution in [-0.4, -0.2) is 17.4 Å². The Bertz CT molecular complexity index is 311. The van der Waals surface area contributed by atoms with Crippen LogP contribution in [0.2, 0.25) is 0 Å². The number of nitrogens with one attached hydrogen (secondary N) is 2. The number of benzene rings is 1. The van der Waals surface area contributed by atoms with Crippen molar-refractivity contribution < 1.29 is 4.74 Å². The highest BCUT2D eigenvalue weighted by atomic mass is 32.2. The third-order valence-corrected chi connectivity index (χ3v) is 1.87. The minimum absolute atomic E-state index is 0.0138. The second kappa shape index (κ2) is 4.67. The van der Waals surface area contributed by atoms with Gasteiger partial charge < -0.3 is 4.74 Å². The number of thioether (sulfide) groups is 1. The van der Waals surface area contributed by atoms with Gasteiger partial charge in [0.25, 0.3) is 0 Å². The molecule has 0 unspecified atom stereocenters. The molecule has 1 rings (SSSR count). The maximum Gasteiger partial charge on any atom is 0.249 e. The lowest BCUT2D eigenvalue weighted by molar-refractivity contribution is 0.553. The van der Waals surface area contributed by atoms with Gasteiger partial charge in [0.2, 0.25) is 11.1 Å². The van der Waals surface area contributed by atoms with Gasteiger partial charge in [-0.05, 0) is 18.4 Å². The molecule has 1 aromatic rings. The molecule has 0 saturated carbocycles. The van der Waals surface area contributed by atoms with Gasteiger partial charge in [-0.25, -0.2) is 0 Å². The summed E-state index contributed by atoms with van der Waals surface area (Å²) >= 11 is 1.17. The molecule has 0 aliphatic heterocycles. The van der Waals surface area contributed by atoms with Crippen LogP contribution in [0.3, 0.4) is 0 Å². The van der Waals surface area contributed by atoms with Crippen LogP contribution < -0.4 is 0 Å². The average molecular weight is 194 g/mol. The molecule has 0 saturated heterocycles. The minimum atomic E-state index is 0.0138. The van der Waals surface area contributed by atoms with Crippen molar-refractivity contribution in [3.8, 4) is 0 Å². The SMILES string of the molecule is CSC(=N)OC(=N)c1ccccc1. The van der Waals surface area contributed by atoms with Gasteiger partial charge in [-0.15, -0.1) is 0 Å². The van der Waals surface area contributed by atoms with Crippen molar-refractivity contribution in [2.24, 2.45) is 0 Å². The Hall–Kier alpha value is -1.29. The fourth-order valence-electron chi connectivity index (χ4n) is 0.783. The van der Waals surface area contributed by atoms with Crippen LogP contribution in [0.25, 0.3) is 0 Å². The van der Waals surface area contributed by atoms with E-state index in [1.807, 2.05) is 18.2 Å². The van der Waals surface area contributed by atoms with E-state index in [4.69, 9.17) is 15.6 Å². The van der Waals surface area contributed by atoms with Crippen LogP contribution >= 0.6 is 11.8 Å². The molecule has 0 atom stereocenters. The Balaban J connectivity index is 2.65. The zero-order valence-corrected chi connectivity index (χ0v) is 8.02. The van der Waals surface area contributed by atoms with Gasteiger partial charge in [-0.1, -0.05) is 30.0 Å². The third-order valence-electron chi connectivity index (χ3n) is 1.42. The molecule has 0 fully saturated rings. The van der Waals surface area contributed by atoms with Crippen molar-refractivity contribution in [3.63, 3.8) is 0 Å². The first-order chi connectivity index (χ1) is 6.24. The Morgan fingerprint density at radius 2 is 1.85 bits per heavy atom. The van der Waals surface area contributed by atoms with Crippen molar-refractivity contribution >= 4 is 22.9 Å². The zero-order chi connectivity index (χ0) is 9.68. The molecule has 0 bridgehead atoms. The molecule has 13 heavy (non-hydrogen) atoms. The first kappa shape index (κ1) is 9.80. The number of hydrogen-bond acceptors (Lipinski definition) is 4. The van der Waals surface area contributed by atoms with Crippen molar-refractivity contribution in [1.82, 2.24) is 0 Å². The van der Waals surface area contributed by atoms with Gasteiger partial charge in [0, 0.05) is 5.56 Å². The number of ether oxygens (including phenoxy) is 1. The monoisotopic (exact) mass is 194 g/mol. The van der Waals surface area contributed by atoms with E-state index < -0.39 is 0 Å². The van der Waals surface area contributed by atoms with Crippen LogP contribution in [0, 0.1) is 10.8 Å². The van der Waals surface area contributed by atoms with Crippen LogP contribution in [0.5, 0.6) is 0 Å². The third kappa shape index (κ3) is 2.91. The van der Waals surface area contributed by atoms with E-state index in [2.05, 4.69) is 0 Å². The molecular formula is C9H10N2OS. The normalized spacial score (nSPS) is 9.31. The molecule has 0 heterocycles. The standard InChI is InChI=1S/C9H10N2OS/c1-13-9(11)12-8(10)7-5-3-2-4-6-7/h2-6,10-11H,1H3. The van der Waals surface area contributed by atoms with E-state index in [0.717, 1.165) is 0 Å². The van der Waals surface area contributed by atoms with Gasteiger partial charge >= 0.3 is 0 Å². The lowest BCUT2D eigenvalue weighted by atomic mass is 10.2. The molecule has 0 aliphatic carbocycles. The fourth-order valence-corrected chi connectivity index (χ4v) is 0.949. The lowest BCUT2D eigenvalue weighted by Gasteiger charge is -2.04. The molecule has 0 spiro atoms. The zero-order valence-electron chi connectivity index (χ0n) is 7.20. The molecule has 2 N–H and O–H groups in total. The summed E-state index contributed by atoms with van der Waals surface area (Å²) in [6.45, 7) is 0. The molecular weight excluding hydrogens is 184 g/mol. The second-order valence-corrected chi connectivity index (χ2v) is 3.07. The Kier molecular flexibility index (Phi) is 3.52. The van der Waals surface area contributed by atoms with Gasteiger partial charge in [0.05, 0.1) is 0 Å². The van der Waals surface area contributed by atoms with E-state index in [-0.39, 0.29) is 11.1 Å². The van der Waals surface area contributed by atoms with Gasteiger partial charge in [0.1, 0.15) is 0 Å². The highest BCUT2D eigenvalue weighted by molar-refractivity contribution is 8.12. The summed E-state index contributed by atoms with van der Waals surface area (Å²) < 4.78 is 4.92. The Morgan fingerprint density at radius 1 is 1.23 bits per heavy atom. The first-order valence-corrected chi connectivity index (χ1v) is 4.91. The summed E-state index contributed by atoms with van der Waals surface area (Å²) in [4.78, 5) is 0. The summed E-state index contributed by atoms with van der Waals surface area (Å²) in [5.74, 6) is 0.0138. The Labute approximate surface area is 81.1 Å². The molecule has 4 heteroatoms. The summed E-state index contributed by atoms with van der Waals surface area (Å²) in [7, 11) is 0. The van der Waals surface area contributed by atoms with Crippen LogP contribution in [0.15, 0.2) is 30.3 Å². The fraction of sp³-hybridized carbons (Fsp3) is 0.111. The average Bonchev–Trinajstić information content (AvgIpc) is 2.19. The smallest absolute Gasteiger partial charge is 0.249 e. The lowest BCUT2D eigenvalue weighted by Crippen LogP contribution is -2.08. The largest absolute Gasteiger partial charge is 0.415 e. The summed E-state index contributed by atoms with van der Waals surface area (Å²) in [6, 6.07) is 9.08. The summed E-state index contributed by atoms with van der Waals surface area (Å²) in [5, 5.41) is 14.7. The molecule has 0 aromatic heterocycles. The van der Waals surface area contributed by atoms with E-state index in [9.17, 15) is 0 Å². The Morgan fingerprint density at radius 3 is 2.38 bits per heavy atom. The molecule has 3 nitrogen and oxygen atoms in total. The van der Waals surface area contributed by atoms with E-state index >= 15 is 0 Å². The van der Waals surface area contributed by atoms with E-state index in [1.54, 1.807) is 18.4 Å². The first-order valence-electron chi connectivity index (χ1n) is 3.68. The second-order valence-electron chi connectivity index (χ2n) is 2.29. The predicted molar refractivity (Wildman–Crippen MR) is 55.6 cm³/mol. The highest BCUT2D eigenvalue weighted by Gasteiger charge is 2.03. The van der Waals surface area contributed by atoms with Gasteiger partial charge in [-0.3, -0.25) is 10.8 Å². The van der Waals surface area contributed by atoms with Crippen LogP contribution in [-0.2, 0) is 4.74 Å². The van der Waals surface area contributed by atoms with E-state index in [0.29, 0.717) is 5.56 Å². The van der Waals surface area contributed by atoms with Crippen molar-refractivity contribution in [2.45, 2.75) is 0 Å². The molecule has 0 amide bonds. The number of hydrogen-bond donors (Lipinski definition) is 2. The van der Waals surface area contributed by atoms with E-state index in [1.165, 1.54) is 11.8 Å².